The Balaban J connectivity index is 0.972. The fourth-order valence-electron chi connectivity index (χ4n) is 8.41. The highest BCUT2D eigenvalue weighted by Gasteiger charge is 2.30. The number of allylic oxidation sites excluding steroid dienone is 8. The maximum atomic E-state index is 5.04. The molecule has 0 amide bonds. The van der Waals surface area contributed by atoms with Crippen molar-refractivity contribution < 1.29 is 0 Å². The van der Waals surface area contributed by atoms with Crippen LogP contribution in [0.25, 0.3) is 67.3 Å². The van der Waals surface area contributed by atoms with E-state index in [0.29, 0.717) is 17.6 Å². The normalized spacial score (nSPS) is 16.7. The third-order valence-electron chi connectivity index (χ3n) is 11.2. The Morgan fingerprint density at radius 3 is 1.84 bits per heavy atom. The number of aromatic nitrogens is 3. The minimum absolute atomic E-state index is 0.117. The molecule has 0 aliphatic heterocycles. The Hall–Kier alpha value is -6.71. The molecule has 1 heterocycles. The van der Waals surface area contributed by atoms with E-state index in [4.69, 9.17) is 15.0 Å². The van der Waals surface area contributed by atoms with Crippen LogP contribution in [0.3, 0.4) is 0 Å². The van der Waals surface area contributed by atoms with E-state index in [1.165, 1.54) is 55.7 Å². The van der Waals surface area contributed by atoms with Crippen molar-refractivity contribution in [2.75, 3.05) is 0 Å². The standard InChI is InChI=1S/C52H39N3/c1-34-25-27-46-47-28-26-42(33-49(47)45-24-9-8-23-44(45)48(46)29-34)40-20-11-18-38(31-40)37-17-10-19-39(30-37)41-21-12-22-43(32-41)52-54-50(35-13-4-2-5-14-35)53-51(55-52)36-15-6-3-7-16-36/h2-15,17-27,29-33,36,47H,16,28H2,1H3. The van der Waals surface area contributed by atoms with Crippen molar-refractivity contribution in [3.05, 3.63) is 210 Å². The highest BCUT2D eigenvalue weighted by molar-refractivity contribution is 5.97. The largest absolute Gasteiger partial charge is 0.212 e. The van der Waals surface area contributed by atoms with Crippen molar-refractivity contribution in [1.82, 2.24) is 15.0 Å². The number of fused-ring (bicyclic) bond motifs is 6. The van der Waals surface area contributed by atoms with Crippen LogP contribution in [-0.2, 0) is 0 Å². The first-order valence-electron chi connectivity index (χ1n) is 19.2. The van der Waals surface area contributed by atoms with E-state index >= 15 is 0 Å². The number of aryl methyl sites for hydroxylation is 1. The van der Waals surface area contributed by atoms with Gasteiger partial charge in [0.15, 0.2) is 11.6 Å². The first kappa shape index (κ1) is 32.9. The summed E-state index contributed by atoms with van der Waals surface area (Å²) >= 11 is 0. The first-order chi connectivity index (χ1) is 27.1. The van der Waals surface area contributed by atoms with Gasteiger partial charge in [-0.05, 0) is 99.2 Å². The Morgan fingerprint density at radius 2 is 1.11 bits per heavy atom. The van der Waals surface area contributed by atoms with E-state index in [-0.39, 0.29) is 5.92 Å². The zero-order valence-electron chi connectivity index (χ0n) is 30.7. The molecule has 6 aromatic carbocycles. The fourth-order valence-corrected chi connectivity index (χ4v) is 8.41. The molecule has 0 bridgehead atoms. The van der Waals surface area contributed by atoms with E-state index in [1.807, 2.05) is 18.2 Å². The molecule has 3 aliphatic carbocycles. The second-order valence-corrected chi connectivity index (χ2v) is 14.8. The molecule has 2 unspecified atom stereocenters. The third-order valence-corrected chi connectivity index (χ3v) is 11.2. The van der Waals surface area contributed by atoms with Crippen molar-refractivity contribution in [3.63, 3.8) is 0 Å². The summed E-state index contributed by atoms with van der Waals surface area (Å²) in [4.78, 5) is 15.0. The second kappa shape index (κ2) is 13.9. The Kier molecular flexibility index (Phi) is 8.33. The molecule has 55 heavy (non-hydrogen) atoms. The van der Waals surface area contributed by atoms with Gasteiger partial charge in [-0.15, -0.1) is 0 Å². The molecule has 3 aliphatic rings. The van der Waals surface area contributed by atoms with Gasteiger partial charge in [0, 0.05) is 23.0 Å². The molecule has 0 saturated carbocycles. The predicted octanol–water partition coefficient (Wildman–Crippen LogP) is 13.1. The van der Waals surface area contributed by atoms with Gasteiger partial charge in [-0.25, -0.2) is 15.0 Å². The van der Waals surface area contributed by atoms with Crippen LogP contribution in [0.5, 0.6) is 0 Å². The van der Waals surface area contributed by atoms with Crippen molar-refractivity contribution in [3.8, 4) is 56.2 Å². The van der Waals surface area contributed by atoms with Gasteiger partial charge in [-0.2, -0.15) is 0 Å². The maximum absolute atomic E-state index is 5.04. The number of hydrogen-bond acceptors (Lipinski definition) is 3. The van der Waals surface area contributed by atoms with E-state index in [2.05, 4.69) is 171 Å². The maximum Gasteiger partial charge on any atom is 0.163 e. The summed E-state index contributed by atoms with van der Waals surface area (Å²) in [6.07, 6.45) is 15.3. The second-order valence-electron chi connectivity index (χ2n) is 14.8. The lowest BCUT2D eigenvalue weighted by molar-refractivity contribution is 0.764. The van der Waals surface area contributed by atoms with E-state index in [0.717, 1.165) is 40.9 Å². The number of rotatable bonds is 6. The summed E-state index contributed by atoms with van der Waals surface area (Å²) in [5, 5.41) is 0. The molecular formula is C52H39N3. The van der Waals surface area contributed by atoms with Gasteiger partial charge in [-0.3, -0.25) is 0 Å². The van der Waals surface area contributed by atoms with Crippen LogP contribution >= 0.6 is 0 Å². The zero-order chi connectivity index (χ0) is 36.7. The van der Waals surface area contributed by atoms with Crippen LogP contribution in [0.4, 0.5) is 0 Å². The van der Waals surface area contributed by atoms with Gasteiger partial charge in [-0.1, -0.05) is 169 Å². The third kappa shape index (κ3) is 6.28. The quantitative estimate of drug-likeness (QED) is 0.173. The topological polar surface area (TPSA) is 38.7 Å². The Morgan fingerprint density at radius 1 is 0.491 bits per heavy atom. The summed E-state index contributed by atoms with van der Waals surface area (Å²) < 4.78 is 0. The molecule has 0 radical (unpaired) electrons. The Labute approximate surface area is 322 Å². The molecule has 3 heteroatoms. The molecule has 7 aromatic rings. The average Bonchev–Trinajstić information content (AvgIpc) is 3.27. The monoisotopic (exact) mass is 705 g/mol. The summed E-state index contributed by atoms with van der Waals surface area (Å²) in [5.74, 6) is 2.67. The van der Waals surface area contributed by atoms with Crippen molar-refractivity contribution in [2.45, 2.75) is 31.6 Å². The van der Waals surface area contributed by atoms with E-state index in [1.54, 1.807) is 0 Å². The minimum Gasteiger partial charge on any atom is -0.212 e. The van der Waals surface area contributed by atoms with Gasteiger partial charge >= 0.3 is 0 Å². The summed E-state index contributed by atoms with van der Waals surface area (Å²) in [6, 6.07) is 52.5. The highest BCUT2D eigenvalue weighted by Crippen LogP contribution is 2.51. The lowest BCUT2D eigenvalue weighted by Crippen LogP contribution is -2.13. The number of hydrogen-bond donors (Lipinski definition) is 0. The predicted molar refractivity (Wildman–Crippen MR) is 227 cm³/mol. The molecule has 1 aromatic heterocycles. The van der Waals surface area contributed by atoms with Crippen molar-refractivity contribution >= 4 is 11.1 Å². The molecule has 0 spiro atoms. The molecule has 262 valence electrons. The van der Waals surface area contributed by atoms with Gasteiger partial charge in [0.05, 0.1) is 0 Å². The van der Waals surface area contributed by atoms with Crippen LogP contribution in [0.15, 0.2) is 182 Å². The average molecular weight is 706 g/mol. The van der Waals surface area contributed by atoms with Gasteiger partial charge in [0.2, 0.25) is 0 Å². The first-order valence-corrected chi connectivity index (χ1v) is 19.2. The lowest BCUT2D eigenvalue weighted by atomic mass is 9.71. The Bertz CT molecular complexity index is 2730. The molecule has 2 atom stereocenters. The van der Waals surface area contributed by atoms with Crippen LogP contribution < -0.4 is 0 Å². The molecule has 0 fully saturated rings. The van der Waals surface area contributed by atoms with Gasteiger partial charge in [0.1, 0.15) is 5.82 Å². The molecule has 3 nitrogen and oxygen atoms in total. The van der Waals surface area contributed by atoms with Crippen LogP contribution in [0, 0.1) is 6.92 Å². The molecule has 0 saturated heterocycles. The molecule has 10 rings (SSSR count). The van der Waals surface area contributed by atoms with Gasteiger partial charge < -0.3 is 0 Å². The van der Waals surface area contributed by atoms with Crippen molar-refractivity contribution in [2.24, 2.45) is 0 Å². The van der Waals surface area contributed by atoms with Crippen molar-refractivity contribution in [1.29, 1.82) is 0 Å². The van der Waals surface area contributed by atoms with E-state index < -0.39 is 0 Å². The molecular weight excluding hydrogens is 667 g/mol. The summed E-state index contributed by atoms with van der Waals surface area (Å²) in [5.41, 5.74) is 17.4. The van der Waals surface area contributed by atoms with Gasteiger partial charge in [0.25, 0.3) is 0 Å². The SMILES string of the molecule is Cc1ccc2c(c1)-c1ccccc1C1=CC(c3cccc(-c4cccc(-c5cccc(-c6nc(-c7ccccc7)nc(C7C=CC=CC7)n6)c5)c4)c3)=CCC12. The summed E-state index contributed by atoms with van der Waals surface area (Å²) in [6.45, 7) is 2.19. The lowest BCUT2D eigenvalue weighted by Gasteiger charge is -2.33. The van der Waals surface area contributed by atoms with Crippen LogP contribution in [0.1, 0.15) is 52.8 Å². The smallest absolute Gasteiger partial charge is 0.163 e. The minimum atomic E-state index is 0.117. The van der Waals surface area contributed by atoms with Crippen LogP contribution in [0.2, 0.25) is 0 Å². The highest BCUT2D eigenvalue weighted by atomic mass is 15.0. The van der Waals surface area contributed by atoms with E-state index in [9.17, 15) is 0 Å². The number of benzene rings is 6. The fraction of sp³-hybridized carbons (Fsp3) is 0.0962. The number of nitrogens with zero attached hydrogens (tertiary/aromatic N) is 3. The zero-order valence-corrected chi connectivity index (χ0v) is 30.7. The van der Waals surface area contributed by atoms with Crippen LogP contribution in [-0.4, -0.2) is 15.0 Å². The molecule has 0 N–H and O–H groups in total. The summed E-state index contributed by atoms with van der Waals surface area (Å²) in [7, 11) is 0.